The van der Waals surface area contributed by atoms with Gasteiger partial charge in [0.25, 0.3) is 0 Å². The summed E-state index contributed by atoms with van der Waals surface area (Å²) in [5, 5.41) is 0. The van der Waals surface area contributed by atoms with Gasteiger partial charge in [-0.2, -0.15) is 0 Å². The van der Waals surface area contributed by atoms with Crippen molar-refractivity contribution >= 4 is 13.4 Å². The van der Waals surface area contributed by atoms with E-state index in [-0.39, 0.29) is 18.0 Å². The summed E-state index contributed by atoms with van der Waals surface area (Å²) in [6, 6.07) is 0. The summed E-state index contributed by atoms with van der Waals surface area (Å²) in [6.45, 7) is 8.82. The Hall–Kier alpha value is -0.440. The molecule has 0 aromatic heterocycles. The first kappa shape index (κ1) is 15.6. The smallest absolute Gasteiger partial charge is 0.303 e. The summed E-state index contributed by atoms with van der Waals surface area (Å²) in [5.74, 6) is 1.15. The highest BCUT2D eigenvalue weighted by atomic mass is 31.2. The molecule has 5 heteroatoms. The van der Waals surface area contributed by atoms with Gasteiger partial charge in [-0.1, -0.05) is 6.92 Å². The Balaban J connectivity index is 4.72. The van der Waals surface area contributed by atoms with Gasteiger partial charge in [0.2, 0.25) is 0 Å². The Morgan fingerprint density at radius 3 is 1.94 bits per heavy atom. The molecular formula is C11H21O4P. The highest BCUT2D eigenvalue weighted by Gasteiger charge is 2.24. The van der Waals surface area contributed by atoms with Crippen LogP contribution in [0.25, 0.3) is 0 Å². The summed E-state index contributed by atoms with van der Waals surface area (Å²) >= 11 is 0. The third kappa shape index (κ3) is 6.94. The Labute approximate surface area is 97.6 Å². The molecule has 0 aliphatic rings. The van der Waals surface area contributed by atoms with Gasteiger partial charge in [0.15, 0.2) is 5.78 Å². The van der Waals surface area contributed by atoms with E-state index in [1.165, 1.54) is 11.9 Å². The predicted octanol–water partition coefficient (Wildman–Crippen LogP) is 3.52. The first-order valence-electron chi connectivity index (χ1n) is 5.47. The minimum atomic E-state index is -3.30. The van der Waals surface area contributed by atoms with Gasteiger partial charge in [-0.15, -0.1) is 0 Å². The SMILES string of the molecule is CCC(=O)C=CP(=O)(OC(C)C)OC(C)C. The van der Waals surface area contributed by atoms with Crippen LogP contribution in [0.3, 0.4) is 0 Å². The number of hydrogen-bond acceptors (Lipinski definition) is 4. The second kappa shape index (κ2) is 7.00. The molecule has 0 bridgehead atoms. The molecular weight excluding hydrogens is 227 g/mol. The predicted molar refractivity (Wildman–Crippen MR) is 64.5 cm³/mol. The van der Waals surface area contributed by atoms with E-state index in [9.17, 15) is 9.36 Å². The summed E-state index contributed by atoms with van der Waals surface area (Å²) in [7, 11) is -3.30. The van der Waals surface area contributed by atoms with Gasteiger partial charge in [0.1, 0.15) is 0 Å². The molecule has 0 aromatic carbocycles. The van der Waals surface area contributed by atoms with Crippen molar-refractivity contribution < 1.29 is 18.4 Å². The normalized spacial score (nSPS) is 12.9. The molecule has 0 amide bonds. The number of ketones is 1. The Morgan fingerprint density at radius 2 is 1.62 bits per heavy atom. The maximum Gasteiger partial charge on any atom is 0.354 e. The van der Waals surface area contributed by atoms with Crippen LogP contribution in [0.2, 0.25) is 0 Å². The fraction of sp³-hybridized carbons (Fsp3) is 0.727. The average Bonchev–Trinajstić information content (AvgIpc) is 2.11. The van der Waals surface area contributed by atoms with Crippen LogP contribution in [-0.2, 0) is 18.4 Å². The second-order valence-corrected chi connectivity index (χ2v) is 5.78. The molecule has 0 aliphatic carbocycles. The van der Waals surface area contributed by atoms with Crippen LogP contribution >= 0.6 is 7.60 Å². The number of carbonyl (C=O) groups is 1. The quantitative estimate of drug-likeness (QED) is 0.511. The number of carbonyl (C=O) groups excluding carboxylic acids is 1. The van der Waals surface area contributed by atoms with E-state index in [0.717, 1.165) is 0 Å². The maximum atomic E-state index is 12.2. The molecule has 0 fully saturated rings. The zero-order valence-electron chi connectivity index (χ0n) is 10.6. The molecule has 0 rings (SSSR count). The van der Waals surface area contributed by atoms with Gasteiger partial charge < -0.3 is 9.05 Å². The van der Waals surface area contributed by atoms with Crippen LogP contribution in [0.5, 0.6) is 0 Å². The summed E-state index contributed by atoms with van der Waals surface area (Å²) in [6.07, 6.45) is 1.21. The van der Waals surface area contributed by atoms with Gasteiger partial charge in [0.05, 0.1) is 12.2 Å². The van der Waals surface area contributed by atoms with Gasteiger partial charge in [-0.3, -0.25) is 9.36 Å². The van der Waals surface area contributed by atoms with E-state index >= 15 is 0 Å². The highest BCUT2D eigenvalue weighted by Crippen LogP contribution is 2.51. The maximum absolute atomic E-state index is 12.2. The summed E-state index contributed by atoms with van der Waals surface area (Å²) in [5.41, 5.74) is 0. The zero-order chi connectivity index (χ0) is 12.8. The molecule has 0 N–H and O–H groups in total. The first-order valence-corrected chi connectivity index (χ1v) is 7.09. The second-order valence-electron chi connectivity index (χ2n) is 3.98. The van der Waals surface area contributed by atoms with Crippen LogP contribution in [0.15, 0.2) is 11.9 Å². The van der Waals surface area contributed by atoms with Crippen molar-refractivity contribution in [1.29, 1.82) is 0 Å². The molecule has 4 nitrogen and oxygen atoms in total. The van der Waals surface area contributed by atoms with Crippen LogP contribution in [0.4, 0.5) is 0 Å². The summed E-state index contributed by atoms with van der Waals surface area (Å²) < 4.78 is 22.6. The van der Waals surface area contributed by atoms with Crippen LogP contribution in [0.1, 0.15) is 41.0 Å². The van der Waals surface area contributed by atoms with Crippen LogP contribution in [-0.4, -0.2) is 18.0 Å². The standard InChI is InChI=1S/C11H21O4P/c1-6-11(12)7-8-16(13,14-9(2)3)15-10(4)5/h7-10H,6H2,1-5H3. The molecule has 0 aliphatic heterocycles. The fourth-order valence-electron chi connectivity index (χ4n) is 0.975. The lowest BCUT2D eigenvalue weighted by Crippen LogP contribution is -2.06. The third-order valence-electron chi connectivity index (χ3n) is 1.51. The van der Waals surface area contributed by atoms with Crippen molar-refractivity contribution in [1.82, 2.24) is 0 Å². The van der Waals surface area contributed by atoms with Crippen molar-refractivity contribution in [2.45, 2.75) is 53.2 Å². The molecule has 0 saturated heterocycles. The Morgan fingerprint density at radius 1 is 1.19 bits per heavy atom. The van der Waals surface area contributed by atoms with Crippen molar-refractivity contribution in [3.63, 3.8) is 0 Å². The molecule has 94 valence electrons. The van der Waals surface area contributed by atoms with Gasteiger partial charge >= 0.3 is 7.60 Å². The lowest BCUT2D eigenvalue weighted by atomic mass is 10.3. The van der Waals surface area contributed by atoms with Gasteiger partial charge in [-0.05, 0) is 33.8 Å². The van der Waals surface area contributed by atoms with Gasteiger partial charge in [-0.25, -0.2) is 0 Å². The van der Waals surface area contributed by atoms with Gasteiger partial charge in [0, 0.05) is 12.2 Å². The molecule has 0 heterocycles. The number of allylic oxidation sites excluding steroid dienone is 1. The van der Waals surface area contributed by atoms with E-state index < -0.39 is 7.60 Å². The van der Waals surface area contributed by atoms with E-state index in [0.29, 0.717) is 6.42 Å². The molecule has 0 atom stereocenters. The van der Waals surface area contributed by atoms with Crippen LogP contribution in [0, 0.1) is 0 Å². The lowest BCUT2D eigenvalue weighted by molar-refractivity contribution is -0.114. The molecule has 0 unspecified atom stereocenters. The summed E-state index contributed by atoms with van der Waals surface area (Å²) in [4.78, 5) is 11.1. The molecule has 0 aromatic rings. The zero-order valence-corrected chi connectivity index (χ0v) is 11.5. The first-order chi connectivity index (χ1) is 7.29. The number of rotatable bonds is 7. The van der Waals surface area contributed by atoms with E-state index in [4.69, 9.17) is 9.05 Å². The monoisotopic (exact) mass is 248 g/mol. The van der Waals surface area contributed by atoms with E-state index in [1.54, 1.807) is 34.6 Å². The third-order valence-corrected chi connectivity index (χ3v) is 3.45. The minimum Gasteiger partial charge on any atom is -0.303 e. The average molecular weight is 248 g/mol. The molecule has 0 saturated carbocycles. The Kier molecular flexibility index (Phi) is 6.81. The molecule has 0 spiro atoms. The Bertz CT molecular complexity index is 280. The minimum absolute atomic E-state index is 0.0973. The number of hydrogen-bond donors (Lipinski definition) is 0. The van der Waals surface area contributed by atoms with Crippen molar-refractivity contribution in [2.75, 3.05) is 0 Å². The van der Waals surface area contributed by atoms with Crippen LogP contribution < -0.4 is 0 Å². The lowest BCUT2D eigenvalue weighted by Gasteiger charge is -2.19. The van der Waals surface area contributed by atoms with Crippen molar-refractivity contribution in [3.8, 4) is 0 Å². The topological polar surface area (TPSA) is 52.6 Å². The largest absolute Gasteiger partial charge is 0.354 e. The molecule has 16 heavy (non-hydrogen) atoms. The van der Waals surface area contributed by atoms with Crippen molar-refractivity contribution in [2.24, 2.45) is 0 Å². The fourth-order valence-corrected chi connectivity index (χ4v) is 2.69. The van der Waals surface area contributed by atoms with E-state index in [1.807, 2.05) is 0 Å². The van der Waals surface area contributed by atoms with Crippen molar-refractivity contribution in [3.05, 3.63) is 11.9 Å². The van der Waals surface area contributed by atoms with E-state index in [2.05, 4.69) is 0 Å². The highest BCUT2D eigenvalue weighted by molar-refractivity contribution is 7.57. The molecule has 0 radical (unpaired) electrons.